The van der Waals surface area contributed by atoms with Crippen LogP contribution in [0.5, 0.6) is 0 Å². The molecular weight excluding hydrogens is 423 g/mol. The molecule has 2 aromatic rings. The van der Waals surface area contributed by atoms with Gasteiger partial charge in [-0.1, -0.05) is 5.16 Å². The topological polar surface area (TPSA) is 97.1 Å². The van der Waals surface area contributed by atoms with Crippen LogP contribution in [-0.4, -0.2) is 43.7 Å². The molecule has 2 aromatic heterocycles. The monoisotopic (exact) mass is 442 g/mol. The number of nitrogens with one attached hydrogen (secondary N) is 2. The van der Waals surface area contributed by atoms with Crippen molar-refractivity contribution in [2.45, 2.75) is 43.2 Å². The molecule has 0 aliphatic heterocycles. The maximum absolute atomic E-state index is 12.9. The smallest absolute Gasteiger partial charge is 0.383 e. The van der Waals surface area contributed by atoms with Gasteiger partial charge in [-0.3, -0.25) is 4.98 Å². The molecule has 2 rings (SSSR count). The van der Waals surface area contributed by atoms with E-state index in [1.165, 1.54) is 12.3 Å². The van der Waals surface area contributed by atoms with Gasteiger partial charge in [0.05, 0.1) is 11.4 Å². The molecule has 7 nitrogen and oxygen atoms in total. The van der Waals surface area contributed by atoms with Crippen LogP contribution >= 0.6 is 0 Å². The molecule has 13 heteroatoms. The Morgan fingerprint density at radius 2 is 1.90 bits per heavy atom. The second-order valence-corrected chi connectivity index (χ2v) is 7.92. The molecule has 29 heavy (non-hydrogen) atoms. The molecule has 0 spiro atoms. The first-order valence-electron chi connectivity index (χ1n) is 8.47. The Morgan fingerprint density at radius 3 is 2.52 bits per heavy atom. The largest absolute Gasteiger partial charge is 0.453 e. The van der Waals surface area contributed by atoms with Crippen LogP contribution in [0.2, 0.25) is 0 Å². The Kier molecular flexibility index (Phi) is 7.16. The number of nitrogens with zero attached hydrogens (tertiary/aromatic N) is 2. The number of rotatable bonds is 10. The summed E-state index contributed by atoms with van der Waals surface area (Å²) in [5.74, 6) is -4.28. The van der Waals surface area contributed by atoms with Crippen molar-refractivity contribution in [3.05, 3.63) is 36.0 Å². The summed E-state index contributed by atoms with van der Waals surface area (Å²) in [7, 11) is -4.17. The number of aryl methyl sites for hydroxylation is 1. The van der Waals surface area contributed by atoms with Crippen molar-refractivity contribution in [1.29, 1.82) is 0 Å². The van der Waals surface area contributed by atoms with Crippen LogP contribution in [0.4, 0.5) is 27.6 Å². The van der Waals surface area contributed by atoms with Gasteiger partial charge in [-0.2, -0.15) is 22.0 Å². The van der Waals surface area contributed by atoms with E-state index in [-0.39, 0.29) is 10.6 Å². The van der Waals surface area contributed by atoms with E-state index in [1.54, 1.807) is 13.0 Å². The fourth-order valence-corrected chi connectivity index (χ4v) is 3.53. The van der Waals surface area contributed by atoms with Crippen LogP contribution in [0.15, 0.2) is 33.9 Å². The molecule has 0 aliphatic rings. The van der Waals surface area contributed by atoms with E-state index in [9.17, 15) is 30.4 Å². The zero-order valence-electron chi connectivity index (χ0n) is 15.3. The summed E-state index contributed by atoms with van der Waals surface area (Å²) in [5, 5.41) is 6.63. The molecule has 0 aromatic carbocycles. The molecule has 0 amide bonds. The van der Waals surface area contributed by atoms with Gasteiger partial charge in [-0.05, 0) is 19.4 Å². The molecule has 0 atom stereocenters. The van der Waals surface area contributed by atoms with E-state index in [1.807, 2.05) is 4.72 Å². The van der Waals surface area contributed by atoms with Gasteiger partial charge in [0, 0.05) is 44.4 Å². The first-order chi connectivity index (χ1) is 13.4. The number of hydrogen-bond donors (Lipinski definition) is 2. The van der Waals surface area contributed by atoms with Gasteiger partial charge in [0.1, 0.15) is 10.7 Å². The highest BCUT2D eigenvalue weighted by Gasteiger charge is 2.56. The van der Waals surface area contributed by atoms with Gasteiger partial charge < -0.3 is 9.84 Å². The Labute approximate surface area is 163 Å². The molecule has 2 heterocycles. The molecule has 0 saturated heterocycles. The lowest BCUT2D eigenvalue weighted by Crippen LogP contribution is -2.37. The Bertz CT molecular complexity index is 915. The summed E-state index contributed by atoms with van der Waals surface area (Å²) in [4.78, 5) is 3.47. The number of aromatic nitrogens is 2. The molecule has 0 unspecified atom stereocenters. The average molecular weight is 442 g/mol. The Hall–Kier alpha value is -2.28. The van der Waals surface area contributed by atoms with Crippen molar-refractivity contribution < 1.29 is 34.9 Å². The number of hydrogen-bond acceptors (Lipinski definition) is 6. The van der Waals surface area contributed by atoms with Gasteiger partial charge >= 0.3 is 12.1 Å². The van der Waals surface area contributed by atoms with Crippen LogP contribution < -0.4 is 10.0 Å². The first kappa shape index (κ1) is 23.0. The van der Waals surface area contributed by atoms with E-state index < -0.39 is 41.5 Å². The highest BCUT2D eigenvalue weighted by atomic mass is 32.2. The summed E-state index contributed by atoms with van der Waals surface area (Å²) in [5.41, 5.74) is 0.900. The van der Waals surface area contributed by atoms with Crippen molar-refractivity contribution in [3.63, 3.8) is 0 Å². The van der Waals surface area contributed by atoms with Crippen molar-refractivity contribution in [2.75, 3.05) is 18.4 Å². The van der Waals surface area contributed by atoms with E-state index >= 15 is 0 Å². The number of anilines is 1. The van der Waals surface area contributed by atoms with E-state index in [4.69, 9.17) is 4.52 Å². The van der Waals surface area contributed by atoms with Gasteiger partial charge in [0.15, 0.2) is 0 Å². The minimum atomic E-state index is -5.67. The second-order valence-electron chi connectivity index (χ2n) is 6.19. The van der Waals surface area contributed by atoms with Gasteiger partial charge in [0.2, 0.25) is 10.0 Å². The zero-order chi connectivity index (χ0) is 21.7. The van der Waals surface area contributed by atoms with Crippen LogP contribution in [-0.2, 0) is 16.4 Å². The lowest BCUT2D eigenvalue weighted by Gasteiger charge is -2.19. The molecule has 0 aliphatic carbocycles. The van der Waals surface area contributed by atoms with Crippen molar-refractivity contribution >= 4 is 15.7 Å². The summed E-state index contributed by atoms with van der Waals surface area (Å²) in [6.07, 6.45) is -5.07. The van der Waals surface area contributed by atoms with Crippen LogP contribution in [0, 0.1) is 6.92 Å². The predicted octanol–water partition coefficient (Wildman–Crippen LogP) is 3.29. The van der Waals surface area contributed by atoms with Gasteiger partial charge in [0.25, 0.3) is 0 Å². The third-order valence-electron chi connectivity index (χ3n) is 3.81. The van der Waals surface area contributed by atoms with E-state index in [0.29, 0.717) is 24.4 Å². The molecule has 162 valence electrons. The van der Waals surface area contributed by atoms with Gasteiger partial charge in [-0.15, -0.1) is 0 Å². The minimum Gasteiger partial charge on any atom is -0.383 e. The number of pyridine rings is 1. The van der Waals surface area contributed by atoms with E-state index in [0.717, 1.165) is 6.20 Å². The summed E-state index contributed by atoms with van der Waals surface area (Å²) < 4.78 is 94.0. The fourth-order valence-electron chi connectivity index (χ4n) is 2.33. The minimum absolute atomic E-state index is 0.198. The predicted molar refractivity (Wildman–Crippen MR) is 93.1 cm³/mol. The number of alkyl halides is 5. The average Bonchev–Trinajstić information content (AvgIpc) is 3.03. The lowest BCUT2D eigenvalue weighted by atomic mass is 10.2. The van der Waals surface area contributed by atoms with Gasteiger partial charge in [-0.25, -0.2) is 13.1 Å². The van der Waals surface area contributed by atoms with Crippen molar-refractivity contribution in [1.82, 2.24) is 14.9 Å². The first-order valence-corrected chi connectivity index (χ1v) is 9.95. The third-order valence-corrected chi connectivity index (χ3v) is 5.30. The summed E-state index contributed by atoms with van der Waals surface area (Å²) >= 11 is 0. The fraction of sp³-hybridized carbons (Fsp3) is 0.500. The van der Waals surface area contributed by atoms with E-state index in [2.05, 4.69) is 15.5 Å². The standard InChI is InChI=1S/C16H19F5N4O3S/c1-11-9-12(28-25-11)3-8-23-13-4-7-22-10-14(13)29(26,27)24-6-2-5-15(17,18)16(19,20)21/h4,7,9-10,24H,2-3,5-6,8H2,1H3,(H,22,23). The van der Waals surface area contributed by atoms with Crippen molar-refractivity contribution in [2.24, 2.45) is 0 Å². The maximum Gasteiger partial charge on any atom is 0.453 e. The molecule has 0 fully saturated rings. The zero-order valence-corrected chi connectivity index (χ0v) is 16.1. The van der Waals surface area contributed by atoms with Crippen molar-refractivity contribution in [3.8, 4) is 0 Å². The van der Waals surface area contributed by atoms with Crippen LogP contribution in [0.1, 0.15) is 24.3 Å². The normalized spacial score (nSPS) is 12.9. The number of sulfonamides is 1. The molecule has 0 bridgehead atoms. The Balaban J connectivity index is 1.94. The number of halogens is 5. The quantitative estimate of drug-likeness (QED) is 0.433. The molecular formula is C16H19F5N4O3S. The molecule has 2 N–H and O–H groups in total. The summed E-state index contributed by atoms with van der Waals surface area (Å²) in [6, 6.07) is 3.13. The summed E-state index contributed by atoms with van der Waals surface area (Å²) in [6.45, 7) is 1.48. The second kappa shape index (κ2) is 9.03. The molecule has 0 radical (unpaired) electrons. The molecule has 0 saturated carbocycles. The SMILES string of the molecule is Cc1cc(CCNc2ccncc2S(=O)(=O)NCCCC(F)(F)C(F)(F)F)on1. The highest BCUT2D eigenvalue weighted by molar-refractivity contribution is 7.89. The van der Waals surface area contributed by atoms with Crippen LogP contribution in [0.3, 0.4) is 0 Å². The lowest BCUT2D eigenvalue weighted by molar-refractivity contribution is -0.284. The highest BCUT2D eigenvalue weighted by Crippen LogP contribution is 2.38. The third kappa shape index (κ3) is 6.35. The maximum atomic E-state index is 12.9. The van der Waals surface area contributed by atoms with Crippen LogP contribution in [0.25, 0.3) is 0 Å². The Morgan fingerprint density at radius 1 is 1.17 bits per heavy atom.